The summed E-state index contributed by atoms with van der Waals surface area (Å²) in [6.45, 7) is 6.69. The second-order valence-corrected chi connectivity index (χ2v) is 9.07. The number of aromatic nitrogens is 2. The zero-order chi connectivity index (χ0) is 21.3. The van der Waals surface area contributed by atoms with Crippen molar-refractivity contribution in [2.45, 2.75) is 45.3 Å². The Balaban J connectivity index is 1.57. The summed E-state index contributed by atoms with van der Waals surface area (Å²) in [7, 11) is 0. The third kappa shape index (κ3) is 4.43. The first-order valence-electron chi connectivity index (χ1n) is 9.95. The number of hydrogen-bond donors (Lipinski definition) is 0. The van der Waals surface area contributed by atoms with E-state index >= 15 is 0 Å². The zero-order valence-corrected chi connectivity index (χ0v) is 18.8. The minimum Gasteiger partial charge on any atom is -0.472 e. The number of hydrogen-bond acceptors (Lipinski definition) is 6. The van der Waals surface area contributed by atoms with Crippen LogP contribution in [0.3, 0.4) is 0 Å². The van der Waals surface area contributed by atoms with Crippen molar-refractivity contribution in [2.75, 3.05) is 13.1 Å². The van der Waals surface area contributed by atoms with Gasteiger partial charge >= 0.3 is 6.09 Å². The maximum Gasteiger partial charge on any atom is 0.410 e. The summed E-state index contributed by atoms with van der Waals surface area (Å²) in [5.41, 5.74) is 0.853. The van der Waals surface area contributed by atoms with Crippen LogP contribution < -0.4 is 4.74 Å². The SMILES string of the molecule is CC(C)(C)OC(=O)N1CCCC(Oc2ncnc3oc(-c4ccccc4)c(Br)c23)C1. The molecule has 0 saturated carbocycles. The molecule has 0 N–H and O–H groups in total. The second kappa shape index (κ2) is 8.26. The largest absolute Gasteiger partial charge is 0.472 e. The molecule has 158 valence electrons. The van der Waals surface area contributed by atoms with Crippen molar-refractivity contribution < 1.29 is 18.7 Å². The fraction of sp³-hybridized carbons (Fsp3) is 0.409. The molecule has 0 radical (unpaired) electrons. The normalized spacial score (nSPS) is 17.2. The van der Waals surface area contributed by atoms with Crippen LogP contribution in [0.25, 0.3) is 22.4 Å². The van der Waals surface area contributed by atoms with Crippen molar-refractivity contribution in [1.29, 1.82) is 0 Å². The number of furan rings is 1. The lowest BCUT2D eigenvalue weighted by atomic mass is 10.1. The van der Waals surface area contributed by atoms with E-state index in [1.54, 1.807) is 4.90 Å². The smallest absolute Gasteiger partial charge is 0.410 e. The maximum atomic E-state index is 12.4. The van der Waals surface area contributed by atoms with Gasteiger partial charge in [0.1, 0.15) is 23.4 Å². The molecular weight excluding hydrogens is 450 g/mol. The maximum absolute atomic E-state index is 12.4. The summed E-state index contributed by atoms with van der Waals surface area (Å²) in [5.74, 6) is 1.11. The van der Waals surface area contributed by atoms with Gasteiger partial charge in [0.15, 0.2) is 5.76 Å². The van der Waals surface area contributed by atoms with E-state index in [9.17, 15) is 4.79 Å². The van der Waals surface area contributed by atoms with Gasteiger partial charge in [0.2, 0.25) is 11.6 Å². The molecule has 1 atom stereocenters. The van der Waals surface area contributed by atoms with Gasteiger partial charge in [-0.2, -0.15) is 0 Å². The highest BCUT2D eigenvalue weighted by Crippen LogP contribution is 2.40. The van der Waals surface area contributed by atoms with E-state index in [4.69, 9.17) is 13.9 Å². The minimum absolute atomic E-state index is 0.189. The Morgan fingerprint density at radius 1 is 1.23 bits per heavy atom. The molecule has 1 fully saturated rings. The molecule has 1 aliphatic heterocycles. The number of nitrogens with zero attached hydrogens (tertiary/aromatic N) is 3. The first kappa shape index (κ1) is 20.7. The van der Waals surface area contributed by atoms with Crippen LogP contribution >= 0.6 is 15.9 Å². The van der Waals surface area contributed by atoms with E-state index in [1.807, 2.05) is 51.1 Å². The van der Waals surface area contributed by atoms with Gasteiger partial charge < -0.3 is 18.8 Å². The van der Waals surface area contributed by atoms with E-state index in [2.05, 4.69) is 25.9 Å². The van der Waals surface area contributed by atoms with E-state index in [1.165, 1.54) is 6.33 Å². The summed E-state index contributed by atoms with van der Waals surface area (Å²) < 4.78 is 18.4. The molecule has 1 saturated heterocycles. The van der Waals surface area contributed by atoms with E-state index in [-0.39, 0.29) is 12.2 Å². The van der Waals surface area contributed by atoms with Gasteiger partial charge in [0.25, 0.3) is 0 Å². The summed E-state index contributed by atoms with van der Waals surface area (Å²) in [6, 6.07) is 9.79. The van der Waals surface area contributed by atoms with Crippen molar-refractivity contribution in [3.63, 3.8) is 0 Å². The summed E-state index contributed by atoms with van der Waals surface area (Å²) in [5, 5.41) is 0.686. The van der Waals surface area contributed by atoms with Gasteiger partial charge in [0, 0.05) is 12.1 Å². The average Bonchev–Trinajstić information content (AvgIpc) is 3.05. The quantitative estimate of drug-likeness (QED) is 0.504. The lowest BCUT2D eigenvalue weighted by Crippen LogP contribution is -2.46. The van der Waals surface area contributed by atoms with Crippen LogP contribution in [0.5, 0.6) is 5.88 Å². The zero-order valence-electron chi connectivity index (χ0n) is 17.2. The molecule has 1 unspecified atom stereocenters. The van der Waals surface area contributed by atoms with Gasteiger partial charge in [0.05, 0.1) is 11.0 Å². The molecule has 2 aromatic heterocycles. The molecule has 1 amide bonds. The number of halogens is 1. The molecular formula is C22H24BrN3O4. The van der Waals surface area contributed by atoms with Crippen LogP contribution in [-0.2, 0) is 4.74 Å². The minimum atomic E-state index is -0.529. The predicted octanol–water partition coefficient (Wildman–Crippen LogP) is 5.43. The number of piperidine rings is 1. The fourth-order valence-electron chi connectivity index (χ4n) is 3.42. The molecule has 3 heterocycles. The van der Waals surface area contributed by atoms with Crippen molar-refractivity contribution in [1.82, 2.24) is 14.9 Å². The Bertz CT molecular complexity index is 1050. The molecule has 1 aliphatic rings. The number of benzene rings is 1. The monoisotopic (exact) mass is 473 g/mol. The van der Waals surface area contributed by atoms with Crippen molar-refractivity contribution >= 4 is 33.1 Å². The van der Waals surface area contributed by atoms with Gasteiger partial charge in [-0.1, -0.05) is 30.3 Å². The highest BCUT2D eigenvalue weighted by atomic mass is 79.9. The molecule has 8 heteroatoms. The number of likely N-dealkylation sites (tertiary alicyclic amines) is 1. The number of carbonyl (C=O) groups excluding carboxylic acids is 1. The van der Waals surface area contributed by atoms with E-state index < -0.39 is 5.60 Å². The molecule has 3 aromatic rings. The summed E-state index contributed by atoms with van der Waals surface area (Å²) in [6.07, 6.45) is 2.58. The first-order chi connectivity index (χ1) is 14.3. The Morgan fingerprint density at radius 2 is 2.00 bits per heavy atom. The summed E-state index contributed by atoms with van der Waals surface area (Å²) >= 11 is 3.63. The number of amides is 1. The number of carbonyl (C=O) groups is 1. The van der Waals surface area contributed by atoms with Gasteiger partial charge in [-0.15, -0.1) is 0 Å². The van der Waals surface area contributed by atoms with Crippen molar-refractivity contribution in [2.24, 2.45) is 0 Å². The Morgan fingerprint density at radius 3 is 2.73 bits per heavy atom. The number of rotatable bonds is 3. The molecule has 0 spiro atoms. The lowest BCUT2D eigenvalue weighted by Gasteiger charge is -2.34. The highest BCUT2D eigenvalue weighted by molar-refractivity contribution is 9.10. The van der Waals surface area contributed by atoms with Crippen molar-refractivity contribution in [3.05, 3.63) is 41.1 Å². The molecule has 4 rings (SSSR count). The van der Waals surface area contributed by atoms with Crippen LogP contribution in [0.2, 0.25) is 0 Å². The molecule has 0 bridgehead atoms. The van der Waals surface area contributed by atoms with Crippen molar-refractivity contribution in [3.8, 4) is 17.2 Å². The molecule has 7 nitrogen and oxygen atoms in total. The van der Waals surface area contributed by atoms with Crippen LogP contribution in [0.15, 0.2) is 45.5 Å². The van der Waals surface area contributed by atoms with Crippen LogP contribution in [-0.4, -0.2) is 45.8 Å². The predicted molar refractivity (Wildman–Crippen MR) is 116 cm³/mol. The van der Waals surface area contributed by atoms with E-state index in [0.29, 0.717) is 35.8 Å². The number of ether oxygens (including phenoxy) is 2. The first-order valence-corrected chi connectivity index (χ1v) is 10.7. The highest BCUT2D eigenvalue weighted by Gasteiger charge is 2.30. The molecule has 30 heavy (non-hydrogen) atoms. The average molecular weight is 474 g/mol. The Labute approximate surface area is 183 Å². The second-order valence-electron chi connectivity index (χ2n) is 8.28. The van der Waals surface area contributed by atoms with Crippen LogP contribution in [0.1, 0.15) is 33.6 Å². The third-order valence-corrected chi connectivity index (χ3v) is 5.50. The van der Waals surface area contributed by atoms with Gasteiger partial charge in [-0.3, -0.25) is 0 Å². The van der Waals surface area contributed by atoms with E-state index in [0.717, 1.165) is 22.9 Å². The van der Waals surface area contributed by atoms with Crippen LogP contribution in [0, 0.1) is 0 Å². The van der Waals surface area contributed by atoms with Gasteiger partial charge in [-0.05, 0) is 49.5 Å². The molecule has 0 aliphatic carbocycles. The van der Waals surface area contributed by atoms with Crippen LogP contribution in [0.4, 0.5) is 4.79 Å². The number of fused-ring (bicyclic) bond motifs is 1. The van der Waals surface area contributed by atoms with Gasteiger partial charge in [-0.25, -0.2) is 14.8 Å². The Hall–Kier alpha value is -2.61. The third-order valence-electron chi connectivity index (χ3n) is 4.74. The Kier molecular flexibility index (Phi) is 5.69. The standard InChI is InChI=1S/C22H24BrN3O4/c1-22(2,3)30-21(27)26-11-7-10-15(12-26)28-19-16-17(23)18(14-8-5-4-6-9-14)29-20(16)25-13-24-19/h4-6,8-9,13,15H,7,10-12H2,1-3H3. The topological polar surface area (TPSA) is 77.7 Å². The summed E-state index contributed by atoms with van der Waals surface area (Å²) in [4.78, 5) is 22.7. The fourth-order valence-corrected chi connectivity index (χ4v) is 4.07. The lowest BCUT2D eigenvalue weighted by molar-refractivity contribution is 0.00741. The molecule has 1 aromatic carbocycles.